The van der Waals surface area contributed by atoms with Gasteiger partial charge in [0.05, 0.1) is 18.0 Å². The van der Waals surface area contributed by atoms with Crippen LogP contribution in [-0.4, -0.2) is 37.3 Å². The smallest absolute Gasteiger partial charge is 0.267 e. The zero-order chi connectivity index (χ0) is 23.2. The molecule has 0 radical (unpaired) electrons. The van der Waals surface area contributed by atoms with Crippen LogP contribution in [0.1, 0.15) is 13.8 Å². The van der Waals surface area contributed by atoms with E-state index in [1.807, 2.05) is 30.3 Å². The van der Waals surface area contributed by atoms with Crippen LogP contribution in [0.15, 0.2) is 66.7 Å². The molecule has 1 amide bonds. The molecule has 0 aliphatic carbocycles. The van der Waals surface area contributed by atoms with E-state index in [-0.39, 0.29) is 18.2 Å². The molecule has 1 aliphatic rings. The molecule has 0 bridgehead atoms. The maximum atomic E-state index is 13.1. The summed E-state index contributed by atoms with van der Waals surface area (Å²) in [6.07, 6.45) is -0.964. The fourth-order valence-corrected chi connectivity index (χ4v) is 5.58. The molecule has 3 aromatic carbocycles. The fraction of sp³-hybridized carbons (Fsp3) is 0.240. The highest BCUT2D eigenvalue weighted by Crippen LogP contribution is 2.36. The molecule has 5 rings (SSSR count). The Bertz CT molecular complexity index is 1480. The van der Waals surface area contributed by atoms with Crippen molar-refractivity contribution in [3.63, 3.8) is 0 Å². The molecule has 33 heavy (non-hydrogen) atoms. The van der Waals surface area contributed by atoms with Gasteiger partial charge in [-0.3, -0.25) is 9.10 Å². The second kappa shape index (κ2) is 8.12. The number of carbonyl (C=O) groups is 1. The second-order valence-electron chi connectivity index (χ2n) is 7.99. The minimum absolute atomic E-state index is 0.0617. The van der Waals surface area contributed by atoms with Crippen LogP contribution in [0, 0.1) is 0 Å². The number of hydrogen-bond donors (Lipinski definition) is 1. The summed E-state index contributed by atoms with van der Waals surface area (Å²) in [4.78, 5) is 13.1. The first-order chi connectivity index (χ1) is 15.9. The van der Waals surface area contributed by atoms with Gasteiger partial charge in [-0.1, -0.05) is 30.3 Å². The van der Waals surface area contributed by atoms with Gasteiger partial charge >= 0.3 is 0 Å². The summed E-state index contributed by atoms with van der Waals surface area (Å²) in [7, 11) is -3.56. The van der Waals surface area contributed by atoms with Crippen LogP contribution < -0.4 is 14.4 Å². The van der Waals surface area contributed by atoms with Crippen molar-refractivity contribution in [3.05, 3.63) is 66.7 Å². The van der Waals surface area contributed by atoms with Crippen LogP contribution in [-0.2, 0) is 21.4 Å². The first-order valence-corrected chi connectivity index (χ1v) is 12.6. The van der Waals surface area contributed by atoms with Crippen molar-refractivity contribution in [2.75, 3.05) is 21.9 Å². The van der Waals surface area contributed by atoms with Gasteiger partial charge in [0.25, 0.3) is 5.91 Å². The summed E-state index contributed by atoms with van der Waals surface area (Å²) in [5.41, 5.74) is 3.34. The van der Waals surface area contributed by atoms with E-state index in [2.05, 4.69) is 28.9 Å². The summed E-state index contributed by atoms with van der Waals surface area (Å²) in [5, 5.41) is 5.09. The van der Waals surface area contributed by atoms with Crippen molar-refractivity contribution in [1.29, 1.82) is 0 Å². The number of ether oxygens (including phenoxy) is 1. The van der Waals surface area contributed by atoms with Gasteiger partial charge in [-0.2, -0.15) is 0 Å². The molecule has 1 aromatic heterocycles. The first kappa shape index (κ1) is 21.3. The summed E-state index contributed by atoms with van der Waals surface area (Å²) < 4.78 is 34.8. The third-order valence-corrected chi connectivity index (χ3v) is 7.83. The Morgan fingerprint density at radius 2 is 1.73 bits per heavy atom. The first-order valence-electron chi connectivity index (χ1n) is 11.0. The lowest BCUT2D eigenvalue weighted by molar-refractivity contribution is -0.122. The van der Waals surface area contributed by atoms with Gasteiger partial charge in [-0.15, -0.1) is 0 Å². The number of para-hydroxylation sites is 3. The van der Waals surface area contributed by atoms with Gasteiger partial charge in [-0.05, 0) is 50.2 Å². The van der Waals surface area contributed by atoms with E-state index in [0.29, 0.717) is 17.1 Å². The average molecular weight is 464 g/mol. The molecule has 170 valence electrons. The van der Waals surface area contributed by atoms with E-state index in [1.165, 1.54) is 4.31 Å². The Morgan fingerprint density at radius 3 is 2.52 bits per heavy atom. The Labute approximate surface area is 192 Å². The van der Waals surface area contributed by atoms with Crippen LogP contribution in [0.5, 0.6) is 5.75 Å². The van der Waals surface area contributed by atoms with Gasteiger partial charge in [0.2, 0.25) is 10.0 Å². The predicted molar refractivity (Wildman–Crippen MR) is 131 cm³/mol. The number of aromatic nitrogens is 1. The fourth-order valence-electron chi connectivity index (χ4n) is 4.45. The Hall–Kier alpha value is -3.52. The predicted octanol–water partition coefficient (Wildman–Crippen LogP) is 4.37. The minimum Gasteiger partial charge on any atom is -0.476 e. The number of sulfonamides is 1. The summed E-state index contributed by atoms with van der Waals surface area (Å²) in [5.74, 6) is -0.0739. The third-order valence-electron chi connectivity index (χ3n) is 6.08. The Morgan fingerprint density at radius 1 is 1.00 bits per heavy atom. The Balaban J connectivity index is 1.47. The third kappa shape index (κ3) is 3.60. The number of nitrogens with one attached hydrogen (secondary N) is 1. The van der Waals surface area contributed by atoms with E-state index in [0.717, 1.165) is 28.4 Å². The van der Waals surface area contributed by atoms with Crippen molar-refractivity contribution in [3.8, 4) is 5.75 Å². The number of rotatable bonds is 5. The van der Waals surface area contributed by atoms with Crippen LogP contribution in [0.2, 0.25) is 0 Å². The SMILES string of the molecule is CCn1c2ccccc2c2cc(NC(=O)[C@@H]3CN(S(=O)(=O)CC)c4ccccc4O3)ccc21. The molecule has 4 aromatic rings. The summed E-state index contributed by atoms with van der Waals surface area (Å²) >= 11 is 0. The highest BCUT2D eigenvalue weighted by molar-refractivity contribution is 7.92. The zero-order valence-electron chi connectivity index (χ0n) is 18.5. The van der Waals surface area contributed by atoms with Crippen molar-refractivity contribution in [2.24, 2.45) is 0 Å². The maximum Gasteiger partial charge on any atom is 0.267 e. The zero-order valence-corrected chi connectivity index (χ0v) is 19.3. The van der Waals surface area contributed by atoms with E-state index in [4.69, 9.17) is 4.74 Å². The quantitative estimate of drug-likeness (QED) is 0.477. The lowest BCUT2D eigenvalue weighted by Crippen LogP contribution is -2.49. The largest absolute Gasteiger partial charge is 0.476 e. The number of carbonyl (C=O) groups excluding carboxylic acids is 1. The molecule has 0 fully saturated rings. The normalized spacial score (nSPS) is 15.9. The molecule has 1 N–H and O–H groups in total. The topological polar surface area (TPSA) is 80.6 Å². The van der Waals surface area contributed by atoms with Crippen molar-refractivity contribution < 1.29 is 17.9 Å². The van der Waals surface area contributed by atoms with Gasteiger partial charge in [-0.25, -0.2) is 8.42 Å². The van der Waals surface area contributed by atoms with Crippen LogP contribution in [0.25, 0.3) is 21.8 Å². The highest BCUT2D eigenvalue weighted by Gasteiger charge is 2.36. The molecule has 0 unspecified atom stereocenters. The number of benzene rings is 3. The van der Waals surface area contributed by atoms with Crippen LogP contribution >= 0.6 is 0 Å². The average Bonchev–Trinajstić information content (AvgIpc) is 3.16. The molecule has 0 saturated carbocycles. The standard InChI is InChI=1S/C25H25N3O4S/c1-3-27-20-10-6-5-9-18(20)19-15-17(13-14-21(19)27)26-25(29)24-16-28(33(30,31)4-2)22-11-7-8-12-23(22)32-24/h5-15,24H,3-4,16H2,1-2H3,(H,26,29)/t24-/m0/s1. The molecule has 1 atom stereocenters. The molecular weight excluding hydrogens is 438 g/mol. The number of aryl methyl sites for hydroxylation is 1. The number of fused-ring (bicyclic) bond motifs is 4. The van der Waals surface area contributed by atoms with Crippen molar-refractivity contribution in [2.45, 2.75) is 26.5 Å². The van der Waals surface area contributed by atoms with E-state index in [9.17, 15) is 13.2 Å². The van der Waals surface area contributed by atoms with Crippen molar-refractivity contribution >= 4 is 49.1 Å². The van der Waals surface area contributed by atoms with Gasteiger partial charge in [0, 0.05) is 34.0 Å². The lowest BCUT2D eigenvalue weighted by atomic mass is 10.1. The van der Waals surface area contributed by atoms with Gasteiger partial charge in [0.15, 0.2) is 6.10 Å². The molecular formula is C25H25N3O4S. The molecule has 2 heterocycles. The lowest BCUT2D eigenvalue weighted by Gasteiger charge is -2.34. The molecule has 7 nitrogen and oxygen atoms in total. The van der Waals surface area contributed by atoms with Crippen LogP contribution in [0.4, 0.5) is 11.4 Å². The Kier molecular flexibility index (Phi) is 5.25. The van der Waals surface area contributed by atoms with E-state index in [1.54, 1.807) is 31.2 Å². The van der Waals surface area contributed by atoms with Gasteiger partial charge in [0.1, 0.15) is 5.75 Å². The monoisotopic (exact) mass is 463 g/mol. The number of anilines is 2. The van der Waals surface area contributed by atoms with E-state index >= 15 is 0 Å². The molecule has 8 heteroatoms. The highest BCUT2D eigenvalue weighted by atomic mass is 32.2. The number of hydrogen-bond acceptors (Lipinski definition) is 4. The number of amides is 1. The van der Waals surface area contributed by atoms with E-state index < -0.39 is 16.1 Å². The second-order valence-corrected chi connectivity index (χ2v) is 10.2. The van der Waals surface area contributed by atoms with Crippen molar-refractivity contribution in [1.82, 2.24) is 4.57 Å². The maximum absolute atomic E-state index is 13.1. The molecule has 0 spiro atoms. The number of nitrogens with zero attached hydrogens (tertiary/aromatic N) is 2. The van der Waals surface area contributed by atoms with Crippen LogP contribution in [0.3, 0.4) is 0 Å². The molecule has 0 saturated heterocycles. The summed E-state index contributed by atoms with van der Waals surface area (Å²) in [6, 6.07) is 20.9. The molecule has 1 aliphatic heterocycles. The minimum atomic E-state index is -3.56. The summed E-state index contributed by atoms with van der Waals surface area (Å²) in [6.45, 7) is 4.46. The van der Waals surface area contributed by atoms with Gasteiger partial charge < -0.3 is 14.6 Å².